The van der Waals surface area contributed by atoms with E-state index in [1.54, 1.807) is 0 Å². The second-order valence-electron chi connectivity index (χ2n) is 4.88. The van der Waals surface area contributed by atoms with Gasteiger partial charge in [0, 0.05) is 0 Å². The zero-order chi connectivity index (χ0) is 15.1. The first-order chi connectivity index (χ1) is 10.2. The standard InChI is InChI=1S/C18H20O2Si/c1-4-16-10-12-18(13-11-16)15(3)20-21-19-14(2)17-8-6-5-7-9-17/h4-15H,1H2,2-3H3. The van der Waals surface area contributed by atoms with Crippen LogP contribution in [0.3, 0.4) is 0 Å². The van der Waals surface area contributed by atoms with Gasteiger partial charge in [0.15, 0.2) is 0 Å². The van der Waals surface area contributed by atoms with E-state index in [0.29, 0.717) is 0 Å². The van der Waals surface area contributed by atoms with Crippen LogP contribution in [0, 0.1) is 0 Å². The molecular weight excluding hydrogens is 276 g/mol. The zero-order valence-corrected chi connectivity index (χ0v) is 13.5. The van der Waals surface area contributed by atoms with Crippen LogP contribution in [0.4, 0.5) is 0 Å². The van der Waals surface area contributed by atoms with Crippen LogP contribution in [0.25, 0.3) is 6.08 Å². The molecule has 108 valence electrons. The molecule has 2 unspecified atom stereocenters. The van der Waals surface area contributed by atoms with E-state index in [4.69, 9.17) is 8.85 Å². The lowest BCUT2D eigenvalue weighted by atomic mass is 10.1. The molecule has 3 heteroatoms. The summed E-state index contributed by atoms with van der Waals surface area (Å²) in [6.45, 7) is 7.82. The normalized spacial score (nSPS) is 13.6. The second-order valence-corrected chi connectivity index (χ2v) is 5.52. The van der Waals surface area contributed by atoms with Gasteiger partial charge in [0.2, 0.25) is 0 Å². The molecular formula is C18H20O2Si. The highest BCUT2D eigenvalue weighted by Crippen LogP contribution is 2.19. The third kappa shape index (κ3) is 4.67. The second kappa shape index (κ2) is 7.93. The number of rotatable bonds is 7. The predicted octanol–water partition coefficient (Wildman–Crippen LogP) is 4.72. The molecule has 0 bridgehead atoms. The van der Waals surface area contributed by atoms with Crippen LogP contribution in [-0.4, -0.2) is 10.0 Å². The molecule has 0 spiro atoms. The van der Waals surface area contributed by atoms with Crippen LogP contribution < -0.4 is 0 Å². The molecule has 2 aromatic carbocycles. The third-order valence-electron chi connectivity index (χ3n) is 3.36. The van der Waals surface area contributed by atoms with E-state index < -0.39 is 0 Å². The minimum atomic E-state index is 0.0187. The SMILES string of the molecule is C=Cc1ccc(C(C)O[Si]OC(C)c2ccccc2)cc1. The topological polar surface area (TPSA) is 18.5 Å². The number of benzene rings is 2. The van der Waals surface area contributed by atoms with Gasteiger partial charge in [-0.25, -0.2) is 0 Å². The van der Waals surface area contributed by atoms with E-state index in [2.05, 4.69) is 30.8 Å². The Balaban J connectivity index is 1.81. The fraction of sp³-hybridized carbons (Fsp3) is 0.222. The maximum Gasteiger partial charge on any atom is 0.434 e. The van der Waals surface area contributed by atoms with Gasteiger partial charge in [-0.15, -0.1) is 0 Å². The summed E-state index contributed by atoms with van der Waals surface area (Å²) in [7, 11) is 0.0213. The lowest BCUT2D eigenvalue weighted by Crippen LogP contribution is -2.11. The molecule has 0 aromatic heterocycles. The fourth-order valence-corrected chi connectivity index (χ4v) is 2.55. The Morgan fingerprint density at radius 1 is 0.857 bits per heavy atom. The number of hydrogen-bond donors (Lipinski definition) is 0. The molecule has 0 fully saturated rings. The van der Waals surface area contributed by atoms with Crippen LogP contribution in [0.15, 0.2) is 61.2 Å². The smallest absolute Gasteiger partial charge is 0.386 e. The van der Waals surface area contributed by atoms with Crippen molar-refractivity contribution in [2.45, 2.75) is 26.1 Å². The van der Waals surface area contributed by atoms with Crippen LogP contribution in [-0.2, 0) is 8.85 Å². The molecule has 2 rings (SSSR count). The van der Waals surface area contributed by atoms with Gasteiger partial charge in [-0.2, -0.15) is 0 Å². The highest BCUT2D eigenvalue weighted by molar-refractivity contribution is 6.18. The molecule has 0 N–H and O–H groups in total. The van der Waals surface area contributed by atoms with Crippen LogP contribution in [0.1, 0.15) is 42.7 Å². The van der Waals surface area contributed by atoms with Crippen molar-refractivity contribution < 1.29 is 8.85 Å². The molecule has 0 saturated carbocycles. The third-order valence-corrected chi connectivity index (χ3v) is 4.26. The molecule has 0 amide bonds. The maximum atomic E-state index is 5.77. The summed E-state index contributed by atoms with van der Waals surface area (Å²) < 4.78 is 11.5. The monoisotopic (exact) mass is 296 g/mol. The Hall–Kier alpha value is -1.68. The summed E-state index contributed by atoms with van der Waals surface area (Å²) in [6.07, 6.45) is 1.90. The van der Waals surface area contributed by atoms with Crippen molar-refractivity contribution in [1.29, 1.82) is 0 Å². The van der Waals surface area contributed by atoms with Crippen molar-refractivity contribution in [1.82, 2.24) is 0 Å². The highest BCUT2D eigenvalue weighted by atomic mass is 28.3. The van der Waals surface area contributed by atoms with E-state index in [1.165, 1.54) is 0 Å². The molecule has 0 saturated heterocycles. The molecule has 2 aromatic rings. The molecule has 0 heterocycles. The van der Waals surface area contributed by atoms with E-state index in [1.807, 2.05) is 50.3 Å². The highest BCUT2D eigenvalue weighted by Gasteiger charge is 2.10. The molecule has 2 atom stereocenters. The van der Waals surface area contributed by atoms with Gasteiger partial charge in [0.05, 0.1) is 12.2 Å². The first-order valence-corrected chi connectivity index (χ1v) is 7.86. The van der Waals surface area contributed by atoms with Crippen LogP contribution in [0.5, 0.6) is 0 Å². The van der Waals surface area contributed by atoms with Gasteiger partial charge in [0.25, 0.3) is 0 Å². The lowest BCUT2D eigenvalue weighted by Gasteiger charge is -2.16. The quantitative estimate of drug-likeness (QED) is 0.688. The zero-order valence-electron chi connectivity index (χ0n) is 12.5. The van der Waals surface area contributed by atoms with Crippen molar-refractivity contribution in [3.8, 4) is 0 Å². The summed E-state index contributed by atoms with van der Waals surface area (Å²) in [5.74, 6) is 0. The first-order valence-electron chi connectivity index (χ1n) is 7.04. The van der Waals surface area contributed by atoms with Gasteiger partial charge in [-0.1, -0.05) is 67.3 Å². The Bertz CT molecular complexity index is 551. The van der Waals surface area contributed by atoms with Crippen molar-refractivity contribution in [2.75, 3.05) is 0 Å². The predicted molar refractivity (Wildman–Crippen MR) is 87.7 cm³/mol. The molecule has 0 aliphatic heterocycles. The van der Waals surface area contributed by atoms with Crippen LogP contribution >= 0.6 is 0 Å². The summed E-state index contributed by atoms with van der Waals surface area (Å²) in [5.41, 5.74) is 3.42. The largest absolute Gasteiger partial charge is 0.434 e. The molecule has 0 aliphatic carbocycles. The van der Waals surface area contributed by atoms with Gasteiger partial charge < -0.3 is 8.85 Å². The van der Waals surface area contributed by atoms with Gasteiger partial charge >= 0.3 is 10.0 Å². The van der Waals surface area contributed by atoms with Crippen molar-refractivity contribution in [2.24, 2.45) is 0 Å². The summed E-state index contributed by atoms with van der Waals surface area (Å²) >= 11 is 0. The van der Waals surface area contributed by atoms with Gasteiger partial charge in [-0.05, 0) is 30.5 Å². The van der Waals surface area contributed by atoms with E-state index in [-0.39, 0.29) is 22.2 Å². The average Bonchev–Trinajstić information content (AvgIpc) is 2.55. The number of hydrogen-bond acceptors (Lipinski definition) is 2. The minimum absolute atomic E-state index is 0.0187. The maximum absolute atomic E-state index is 5.77. The molecule has 2 radical (unpaired) electrons. The average molecular weight is 296 g/mol. The van der Waals surface area contributed by atoms with Gasteiger partial charge in [0.1, 0.15) is 0 Å². The lowest BCUT2D eigenvalue weighted by molar-refractivity contribution is 0.136. The van der Waals surface area contributed by atoms with Crippen molar-refractivity contribution in [3.05, 3.63) is 77.9 Å². The van der Waals surface area contributed by atoms with Crippen molar-refractivity contribution in [3.63, 3.8) is 0 Å². The van der Waals surface area contributed by atoms with Crippen LogP contribution in [0.2, 0.25) is 0 Å². The van der Waals surface area contributed by atoms with Gasteiger partial charge in [-0.3, -0.25) is 0 Å². The Morgan fingerprint density at radius 3 is 1.90 bits per heavy atom. The molecule has 21 heavy (non-hydrogen) atoms. The van der Waals surface area contributed by atoms with E-state index in [0.717, 1.165) is 16.7 Å². The summed E-state index contributed by atoms with van der Waals surface area (Å²) in [5, 5.41) is 0. The Kier molecular flexibility index (Phi) is 5.93. The van der Waals surface area contributed by atoms with Crippen molar-refractivity contribution >= 4 is 16.1 Å². The summed E-state index contributed by atoms with van der Waals surface area (Å²) in [6, 6.07) is 18.4. The minimum Gasteiger partial charge on any atom is -0.386 e. The Morgan fingerprint density at radius 2 is 1.38 bits per heavy atom. The van der Waals surface area contributed by atoms with E-state index in [9.17, 15) is 0 Å². The summed E-state index contributed by atoms with van der Waals surface area (Å²) in [4.78, 5) is 0. The van der Waals surface area contributed by atoms with E-state index >= 15 is 0 Å². The Labute approximate surface area is 129 Å². The first kappa shape index (κ1) is 15.7. The molecule has 0 aliphatic rings. The molecule has 2 nitrogen and oxygen atoms in total. The fourth-order valence-electron chi connectivity index (χ4n) is 1.94.